The molecule has 1 aliphatic heterocycles. The van der Waals surface area contributed by atoms with Crippen molar-refractivity contribution in [2.75, 3.05) is 25.9 Å². The van der Waals surface area contributed by atoms with Gasteiger partial charge in [0.05, 0.1) is 5.75 Å². The molecule has 0 saturated heterocycles. The predicted octanol–water partition coefficient (Wildman–Crippen LogP) is 1.86. The van der Waals surface area contributed by atoms with Crippen LogP contribution in [0.5, 0.6) is 0 Å². The molecule has 0 N–H and O–H groups in total. The van der Waals surface area contributed by atoms with E-state index in [1.165, 1.54) is 9.87 Å². The molecule has 0 aliphatic carbocycles. The Labute approximate surface area is 160 Å². The standard InChI is InChI=1S/C20H25N3O3S/c1-22(13-8-17-6-11-21-12-7-17)20(24)10-15-27(25,26)23-14-9-18-4-2-3-5-19(18)16-23/h2-7,11-12H,8-10,13-16H2,1H3. The number of hydrogen-bond acceptors (Lipinski definition) is 4. The number of amides is 1. The van der Waals surface area contributed by atoms with Crippen LogP contribution in [-0.4, -0.2) is 54.4 Å². The van der Waals surface area contributed by atoms with E-state index < -0.39 is 10.0 Å². The number of hydrogen-bond donors (Lipinski definition) is 0. The van der Waals surface area contributed by atoms with Gasteiger partial charge in [-0.3, -0.25) is 9.78 Å². The maximum atomic E-state index is 12.7. The molecule has 144 valence electrons. The summed E-state index contributed by atoms with van der Waals surface area (Å²) in [5.74, 6) is -0.293. The number of fused-ring (bicyclic) bond motifs is 1. The summed E-state index contributed by atoms with van der Waals surface area (Å²) in [4.78, 5) is 17.9. The Kier molecular flexibility index (Phi) is 6.23. The number of rotatable bonds is 7. The van der Waals surface area contributed by atoms with Crippen LogP contribution in [0.4, 0.5) is 0 Å². The summed E-state index contributed by atoms with van der Waals surface area (Å²) < 4.78 is 26.8. The van der Waals surface area contributed by atoms with Crippen molar-refractivity contribution in [2.45, 2.75) is 25.8 Å². The molecule has 0 unspecified atom stereocenters. The summed E-state index contributed by atoms with van der Waals surface area (Å²) >= 11 is 0. The Morgan fingerprint density at radius 1 is 1.15 bits per heavy atom. The fourth-order valence-corrected chi connectivity index (χ4v) is 4.61. The molecule has 1 aliphatic rings. The first kappa shape index (κ1) is 19.5. The van der Waals surface area contributed by atoms with Gasteiger partial charge < -0.3 is 4.90 Å². The third-order valence-corrected chi connectivity index (χ3v) is 6.79. The summed E-state index contributed by atoms with van der Waals surface area (Å²) in [6.45, 7) is 1.43. The van der Waals surface area contributed by atoms with Gasteiger partial charge in [0.15, 0.2) is 0 Å². The first-order valence-electron chi connectivity index (χ1n) is 9.13. The van der Waals surface area contributed by atoms with E-state index in [2.05, 4.69) is 4.98 Å². The topological polar surface area (TPSA) is 70.6 Å². The number of aromatic nitrogens is 1. The quantitative estimate of drug-likeness (QED) is 0.727. The summed E-state index contributed by atoms with van der Waals surface area (Å²) in [6, 6.07) is 11.7. The summed E-state index contributed by atoms with van der Waals surface area (Å²) in [5, 5.41) is 0. The van der Waals surface area contributed by atoms with Crippen LogP contribution in [0.15, 0.2) is 48.8 Å². The average molecular weight is 388 g/mol. The Bertz CT molecular complexity index is 884. The van der Waals surface area contributed by atoms with Gasteiger partial charge in [-0.15, -0.1) is 0 Å². The minimum atomic E-state index is -3.44. The van der Waals surface area contributed by atoms with Gasteiger partial charge >= 0.3 is 0 Å². The lowest BCUT2D eigenvalue weighted by atomic mass is 10.0. The number of carbonyl (C=O) groups excluding carboxylic acids is 1. The van der Waals surface area contributed by atoms with Gasteiger partial charge in [0, 0.05) is 45.5 Å². The van der Waals surface area contributed by atoms with Crippen LogP contribution in [0, 0.1) is 0 Å². The molecule has 0 spiro atoms. The van der Waals surface area contributed by atoms with Crippen LogP contribution in [0.25, 0.3) is 0 Å². The van der Waals surface area contributed by atoms with Gasteiger partial charge in [-0.2, -0.15) is 4.31 Å². The van der Waals surface area contributed by atoms with Gasteiger partial charge in [0.25, 0.3) is 0 Å². The molecular weight excluding hydrogens is 362 g/mol. The number of nitrogens with zero attached hydrogens (tertiary/aromatic N) is 3. The normalized spacial score (nSPS) is 14.6. The number of pyridine rings is 1. The second-order valence-electron chi connectivity index (χ2n) is 6.84. The van der Waals surface area contributed by atoms with Crippen molar-refractivity contribution < 1.29 is 13.2 Å². The average Bonchev–Trinajstić information content (AvgIpc) is 2.70. The van der Waals surface area contributed by atoms with E-state index in [0.29, 0.717) is 19.6 Å². The lowest BCUT2D eigenvalue weighted by molar-refractivity contribution is -0.129. The summed E-state index contributed by atoms with van der Waals surface area (Å²) in [7, 11) is -1.73. The number of sulfonamides is 1. The largest absolute Gasteiger partial charge is 0.345 e. The first-order chi connectivity index (χ1) is 13.0. The van der Waals surface area contributed by atoms with Gasteiger partial charge in [-0.1, -0.05) is 24.3 Å². The van der Waals surface area contributed by atoms with E-state index in [9.17, 15) is 13.2 Å². The fourth-order valence-electron chi connectivity index (χ4n) is 3.21. The molecular formula is C20H25N3O3S. The second-order valence-corrected chi connectivity index (χ2v) is 8.93. The second kappa shape index (κ2) is 8.63. The van der Waals surface area contributed by atoms with E-state index >= 15 is 0 Å². The molecule has 2 aromatic rings. The molecule has 1 aromatic heterocycles. The van der Waals surface area contributed by atoms with Gasteiger partial charge in [-0.05, 0) is 41.7 Å². The molecule has 6 nitrogen and oxygen atoms in total. The van der Waals surface area contributed by atoms with Gasteiger partial charge in [0.1, 0.15) is 0 Å². The Balaban J connectivity index is 1.50. The zero-order valence-corrected chi connectivity index (χ0v) is 16.4. The molecule has 27 heavy (non-hydrogen) atoms. The van der Waals surface area contributed by atoms with Crippen molar-refractivity contribution in [3.8, 4) is 0 Å². The number of benzene rings is 1. The van der Waals surface area contributed by atoms with Crippen LogP contribution < -0.4 is 0 Å². The van der Waals surface area contributed by atoms with E-state index in [0.717, 1.165) is 24.0 Å². The molecule has 0 radical (unpaired) electrons. The maximum absolute atomic E-state index is 12.7. The van der Waals surface area contributed by atoms with Crippen LogP contribution in [0.3, 0.4) is 0 Å². The highest BCUT2D eigenvalue weighted by atomic mass is 32.2. The Hall–Kier alpha value is -2.25. The van der Waals surface area contributed by atoms with E-state index in [4.69, 9.17) is 0 Å². The van der Waals surface area contributed by atoms with Crippen molar-refractivity contribution >= 4 is 15.9 Å². The molecule has 2 heterocycles. The molecule has 3 rings (SSSR count). The van der Waals surface area contributed by atoms with Crippen LogP contribution >= 0.6 is 0 Å². The van der Waals surface area contributed by atoms with Crippen LogP contribution in [0.2, 0.25) is 0 Å². The molecule has 0 fully saturated rings. The summed E-state index contributed by atoms with van der Waals surface area (Å²) in [5.41, 5.74) is 3.35. The minimum Gasteiger partial charge on any atom is -0.345 e. The molecule has 0 saturated carbocycles. The number of likely N-dealkylation sites (N-methyl/N-ethyl adjacent to an activating group) is 1. The Morgan fingerprint density at radius 2 is 1.85 bits per heavy atom. The predicted molar refractivity (Wildman–Crippen MR) is 105 cm³/mol. The molecule has 0 bridgehead atoms. The molecule has 0 atom stereocenters. The van der Waals surface area contributed by atoms with Crippen molar-refractivity contribution in [2.24, 2.45) is 0 Å². The van der Waals surface area contributed by atoms with Crippen molar-refractivity contribution in [3.05, 3.63) is 65.5 Å². The third-order valence-electron chi connectivity index (χ3n) is 4.97. The van der Waals surface area contributed by atoms with E-state index in [-0.39, 0.29) is 18.1 Å². The molecule has 7 heteroatoms. The fraction of sp³-hybridized carbons (Fsp3) is 0.400. The zero-order valence-electron chi connectivity index (χ0n) is 15.5. The highest BCUT2D eigenvalue weighted by molar-refractivity contribution is 7.89. The van der Waals surface area contributed by atoms with E-state index in [1.54, 1.807) is 24.3 Å². The van der Waals surface area contributed by atoms with Crippen molar-refractivity contribution in [1.82, 2.24) is 14.2 Å². The monoisotopic (exact) mass is 387 g/mol. The molecule has 1 amide bonds. The molecule has 1 aromatic carbocycles. The maximum Gasteiger partial charge on any atom is 0.223 e. The smallest absolute Gasteiger partial charge is 0.223 e. The minimum absolute atomic E-state index is 0.00727. The Morgan fingerprint density at radius 3 is 2.59 bits per heavy atom. The summed E-state index contributed by atoms with van der Waals surface area (Å²) in [6.07, 6.45) is 4.89. The zero-order chi connectivity index (χ0) is 19.3. The SMILES string of the molecule is CN(CCc1ccncc1)C(=O)CCS(=O)(=O)N1CCc2ccccc2C1. The van der Waals surface area contributed by atoms with Crippen LogP contribution in [0.1, 0.15) is 23.1 Å². The lowest BCUT2D eigenvalue weighted by Gasteiger charge is -2.28. The van der Waals surface area contributed by atoms with Gasteiger partial charge in [0.2, 0.25) is 15.9 Å². The lowest BCUT2D eigenvalue weighted by Crippen LogP contribution is -2.39. The van der Waals surface area contributed by atoms with Crippen molar-refractivity contribution in [3.63, 3.8) is 0 Å². The first-order valence-corrected chi connectivity index (χ1v) is 10.7. The van der Waals surface area contributed by atoms with E-state index in [1.807, 2.05) is 36.4 Å². The van der Waals surface area contributed by atoms with Crippen molar-refractivity contribution in [1.29, 1.82) is 0 Å². The van der Waals surface area contributed by atoms with Gasteiger partial charge in [-0.25, -0.2) is 8.42 Å². The highest BCUT2D eigenvalue weighted by Gasteiger charge is 2.27. The highest BCUT2D eigenvalue weighted by Crippen LogP contribution is 2.21. The third kappa shape index (κ3) is 5.14. The van der Waals surface area contributed by atoms with Crippen LogP contribution in [-0.2, 0) is 34.2 Å². The number of carbonyl (C=O) groups is 1.